The molecule has 3 aromatic rings. The van der Waals surface area contributed by atoms with E-state index in [1.54, 1.807) is 11.8 Å². The van der Waals surface area contributed by atoms with Crippen LogP contribution < -0.4 is 5.32 Å². The third-order valence-electron chi connectivity index (χ3n) is 5.52. The molecule has 2 aromatic carbocycles. The van der Waals surface area contributed by atoms with Crippen LogP contribution in [0.15, 0.2) is 54.6 Å². The van der Waals surface area contributed by atoms with Gasteiger partial charge < -0.3 is 14.8 Å². The van der Waals surface area contributed by atoms with Crippen LogP contribution in [0, 0.1) is 0 Å². The Kier molecular flexibility index (Phi) is 6.38. The summed E-state index contributed by atoms with van der Waals surface area (Å²) in [4.78, 5) is 32.0. The van der Waals surface area contributed by atoms with Crippen molar-refractivity contribution in [1.29, 1.82) is 0 Å². The molecular formula is C23H26N4O2S. The van der Waals surface area contributed by atoms with Crippen LogP contribution in [0.4, 0.5) is 0 Å². The maximum absolute atomic E-state index is 13.0. The number of rotatable bonds is 6. The van der Waals surface area contributed by atoms with Gasteiger partial charge in [-0.2, -0.15) is 11.8 Å². The highest BCUT2D eigenvalue weighted by molar-refractivity contribution is 7.97. The molecule has 1 fully saturated rings. The average Bonchev–Trinajstić information content (AvgIpc) is 3.12. The fraction of sp³-hybridized carbons (Fsp3) is 0.348. The minimum Gasteiger partial charge on any atom is -0.349 e. The molecule has 30 heavy (non-hydrogen) atoms. The van der Waals surface area contributed by atoms with E-state index in [0.29, 0.717) is 25.2 Å². The van der Waals surface area contributed by atoms with Gasteiger partial charge in [-0.25, -0.2) is 4.98 Å². The number of para-hydroxylation sites is 2. The maximum Gasteiger partial charge on any atom is 0.251 e. The molecule has 1 aliphatic heterocycles. The van der Waals surface area contributed by atoms with Crippen molar-refractivity contribution in [2.45, 2.75) is 31.2 Å². The number of aromatic nitrogens is 2. The molecule has 0 aliphatic carbocycles. The average molecular weight is 423 g/mol. The standard InChI is InChI=1S/C23H26N4O2S/c1-30-16-21-25-19-9-5-6-10-20(19)27(21)15-22(28)26-13-11-18(12-14-26)24-23(29)17-7-3-2-4-8-17/h2-10,18H,11-16H2,1H3,(H,24,29). The fourth-order valence-electron chi connectivity index (χ4n) is 3.91. The summed E-state index contributed by atoms with van der Waals surface area (Å²) < 4.78 is 2.04. The third-order valence-corrected chi connectivity index (χ3v) is 6.07. The maximum atomic E-state index is 13.0. The zero-order chi connectivity index (χ0) is 20.9. The van der Waals surface area contributed by atoms with Gasteiger partial charge in [0.05, 0.1) is 16.8 Å². The molecule has 7 heteroatoms. The number of likely N-dealkylation sites (tertiary alicyclic amines) is 1. The van der Waals surface area contributed by atoms with Gasteiger partial charge in [-0.3, -0.25) is 9.59 Å². The highest BCUT2D eigenvalue weighted by Crippen LogP contribution is 2.20. The number of fused-ring (bicyclic) bond motifs is 1. The fourth-order valence-corrected chi connectivity index (χ4v) is 4.39. The van der Waals surface area contributed by atoms with Gasteiger partial charge in [0.25, 0.3) is 5.91 Å². The van der Waals surface area contributed by atoms with E-state index in [0.717, 1.165) is 35.5 Å². The molecule has 1 aromatic heterocycles. The summed E-state index contributed by atoms with van der Waals surface area (Å²) in [6.07, 6.45) is 3.58. The van der Waals surface area contributed by atoms with Crippen molar-refractivity contribution in [3.05, 3.63) is 66.0 Å². The highest BCUT2D eigenvalue weighted by Gasteiger charge is 2.25. The van der Waals surface area contributed by atoms with Gasteiger partial charge in [-0.15, -0.1) is 0 Å². The first-order chi connectivity index (χ1) is 14.7. The second-order valence-corrected chi connectivity index (χ2v) is 8.40. The lowest BCUT2D eigenvalue weighted by Gasteiger charge is -2.32. The number of benzene rings is 2. The predicted molar refractivity (Wildman–Crippen MR) is 120 cm³/mol. The van der Waals surface area contributed by atoms with Gasteiger partial charge in [-0.05, 0) is 43.4 Å². The summed E-state index contributed by atoms with van der Waals surface area (Å²) in [6.45, 7) is 1.61. The van der Waals surface area contributed by atoms with Crippen molar-refractivity contribution in [3.8, 4) is 0 Å². The van der Waals surface area contributed by atoms with E-state index < -0.39 is 0 Å². The number of carbonyl (C=O) groups excluding carboxylic acids is 2. The minimum atomic E-state index is -0.0491. The van der Waals surface area contributed by atoms with Crippen molar-refractivity contribution >= 4 is 34.6 Å². The molecule has 156 valence electrons. The van der Waals surface area contributed by atoms with E-state index >= 15 is 0 Å². The van der Waals surface area contributed by atoms with Crippen LogP contribution in [0.25, 0.3) is 11.0 Å². The summed E-state index contributed by atoms with van der Waals surface area (Å²) in [5.74, 6) is 1.76. The molecule has 1 aliphatic rings. The molecule has 0 spiro atoms. The third kappa shape index (κ3) is 4.51. The van der Waals surface area contributed by atoms with Gasteiger partial charge in [-0.1, -0.05) is 30.3 Å². The highest BCUT2D eigenvalue weighted by atomic mass is 32.2. The van der Waals surface area contributed by atoms with Gasteiger partial charge in [0.2, 0.25) is 5.91 Å². The monoisotopic (exact) mass is 422 g/mol. The summed E-state index contributed by atoms with van der Waals surface area (Å²) in [6, 6.07) is 17.3. The van der Waals surface area contributed by atoms with E-state index in [-0.39, 0.29) is 17.9 Å². The van der Waals surface area contributed by atoms with Crippen LogP contribution >= 0.6 is 11.8 Å². The number of thioether (sulfide) groups is 1. The van der Waals surface area contributed by atoms with E-state index in [1.807, 2.05) is 70.3 Å². The number of imidazole rings is 1. The molecule has 0 radical (unpaired) electrons. The summed E-state index contributed by atoms with van der Waals surface area (Å²) in [5, 5.41) is 3.10. The van der Waals surface area contributed by atoms with Crippen molar-refractivity contribution < 1.29 is 9.59 Å². The minimum absolute atomic E-state index is 0.0491. The van der Waals surface area contributed by atoms with Crippen LogP contribution in [-0.2, 0) is 17.1 Å². The topological polar surface area (TPSA) is 67.2 Å². The number of hydrogen-bond donors (Lipinski definition) is 1. The normalized spacial score (nSPS) is 14.8. The lowest BCUT2D eigenvalue weighted by atomic mass is 10.0. The van der Waals surface area contributed by atoms with E-state index in [1.165, 1.54) is 0 Å². The molecular weight excluding hydrogens is 396 g/mol. The first-order valence-corrected chi connectivity index (χ1v) is 11.6. The second-order valence-electron chi connectivity index (χ2n) is 7.53. The van der Waals surface area contributed by atoms with Crippen LogP contribution in [0.1, 0.15) is 29.0 Å². The first-order valence-electron chi connectivity index (χ1n) is 10.2. The van der Waals surface area contributed by atoms with Gasteiger partial charge >= 0.3 is 0 Å². The van der Waals surface area contributed by atoms with Crippen LogP contribution in [0.3, 0.4) is 0 Å². The smallest absolute Gasteiger partial charge is 0.251 e. The quantitative estimate of drug-likeness (QED) is 0.662. The summed E-state index contributed by atoms with van der Waals surface area (Å²) in [5.41, 5.74) is 2.60. The zero-order valence-corrected chi connectivity index (χ0v) is 17.9. The Morgan fingerprint density at radius 2 is 1.77 bits per heavy atom. The van der Waals surface area contributed by atoms with Gasteiger partial charge in [0.1, 0.15) is 12.4 Å². The number of piperidine rings is 1. The number of nitrogens with zero attached hydrogens (tertiary/aromatic N) is 3. The molecule has 1 N–H and O–H groups in total. The van der Waals surface area contributed by atoms with Crippen LogP contribution in [0.5, 0.6) is 0 Å². The summed E-state index contributed by atoms with van der Waals surface area (Å²) >= 11 is 1.70. The van der Waals surface area contributed by atoms with Crippen molar-refractivity contribution in [1.82, 2.24) is 19.8 Å². The lowest BCUT2D eigenvalue weighted by molar-refractivity contribution is -0.132. The van der Waals surface area contributed by atoms with E-state index in [2.05, 4.69) is 5.32 Å². The van der Waals surface area contributed by atoms with Crippen LogP contribution in [0.2, 0.25) is 0 Å². The van der Waals surface area contributed by atoms with E-state index in [9.17, 15) is 9.59 Å². The molecule has 0 saturated carbocycles. The molecule has 6 nitrogen and oxygen atoms in total. The van der Waals surface area contributed by atoms with E-state index in [4.69, 9.17) is 4.98 Å². The van der Waals surface area contributed by atoms with Crippen molar-refractivity contribution in [2.24, 2.45) is 0 Å². The number of nitrogens with one attached hydrogen (secondary N) is 1. The number of amides is 2. The predicted octanol–water partition coefficient (Wildman–Crippen LogP) is 3.32. The Labute approximate surface area is 180 Å². The lowest BCUT2D eigenvalue weighted by Crippen LogP contribution is -2.47. The zero-order valence-electron chi connectivity index (χ0n) is 17.1. The second kappa shape index (κ2) is 9.34. The molecule has 2 amide bonds. The first kappa shape index (κ1) is 20.5. The number of hydrogen-bond acceptors (Lipinski definition) is 4. The molecule has 2 heterocycles. The largest absolute Gasteiger partial charge is 0.349 e. The summed E-state index contributed by atoms with van der Waals surface area (Å²) in [7, 11) is 0. The number of carbonyl (C=O) groups is 2. The van der Waals surface area contributed by atoms with Gasteiger partial charge in [0, 0.05) is 24.7 Å². The Hall–Kier alpha value is -2.80. The van der Waals surface area contributed by atoms with Crippen molar-refractivity contribution in [3.63, 3.8) is 0 Å². The van der Waals surface area contributed by atoms with Gasteiger partial charge in [0.15, 0.2) is 0 Å². The SMILES string of the molecule is CSCc1nc2ccccc2n1CC(=O)N1CCC(NC(=O)c2ccccc2)CC1. The molecule has 0 unspecified atom stereocenters. The molecule has 1 saturated heterocycles. The van der Waals surface area contributed by atoms with Crippen molar-refractivity contribution in [2.75, 3.05) is 19.3 Å². The molecule has 0 atom stereocenters. The molecule has 4 rings (SSSR count). The Morgan fingerprint density at radius 1 is 1.07 bits per heavy atom. The van der Waals surface area contributed by atoms with Crippen LogP contribution in [-0.4, -0.2) is 51.7 Å². The molecule has 0 bridgehead atoms. The Balaban J connectivity index is 1.37. The Bertz CT molecular complexity index is 1030. The Morgan fingerprint density at radius 3 is 2.50 bits per heavy atom.